The van der Waals surface area contributed by atoms with Crippen molar-refractivity contribution in [2.45, 2.75) is 64.4 Å². The third-order valence-electron chi connectivity index (χ3n) is 6.80. The zero-order valence-electron chi connectivity index (χ0n) is 23.6. The molecule has 0 saturated carbocycles. The number of carbonyl (C=O) groups excluding carboxylic acids is 2. The number of hydrogen-bond acceptors (Lipinski definition) is 4. The van der Waals surface area contributed by atoms with E-state index >= 15 is 0 Å². The lowest BCUT2D eigenvalue weighted by molar-refractivity contribution is -0.140. The molecule has 214 valence electrons. The average Bonchev–Trinajstić information content (AvgIpc) is 2.92. The van der Waals surface area contributed by atoms with Crippen LogP contribution in [0.15, 0.2) is 77.7 Å². The molecule has 2 amide bonds. The summed E-state index contributed by atoms with van der Waals surface area (Å²) in [5, 5.41) is 3.28. The molecule has 0 spiro atoms. The number of unbranched alkanes of at least 4 members (excludes halogenated alkanes) is 1. The van der Waals surface area contributed by atoms with Gasteiger partial charge >= 0.3 is 0 Å². The van der Waals surface area contributed by atoms with Gasteiger partial charge in [0.25, 0.3) is 10.0 Å². The molecule has 9 heteroatoms. The number of nitrogens with one attached hydrogen (secondary N) is 1. The molecule has 7 nitrogen and oxygen atoms in total. The Morgan fingerprint density at radius 2 is 1.65 bits per heavy atom. The highest BCUT2D eigenvalue weighted by Gasteiger charge is 2.33. The van der Waals surface area contributed by atoms with Crippen LogP contribution in [0.25, 0.3) is 0 Å². The molecule has 0 bridgehead atoms. The normalized spacial score (nSPS) is 12.0. The van der Waals surface area contributed by atoms with E-state index in [1.807, 2.05) is 52.0 Å². The summed E-state index contributed by atoms with van der Waals surface area (Å²) in [5.41, 5.74) is 3.03. The van der Waals surface area contributed by atoms with Crippen molar-refractivity contribution in [3.05, 3.63) is 94.5 Å². The van der Waals surface area contributed by atoms with E-state index in [0.717, 1.165) is 33.8 Å². The number of hydrogen-bond donors (Lipinski definition) is 1. The van der Waals surface area contributed by atoms with Gasteiger partial charge < -0.3 is 10.2 Å². The van der Waals surface area contributed by atoms with Gasteiger partial charge in [-0.3, -0.25) is 13.9 Å². The highest BCUT2D eigenvalue weighted by atomic mass is 35.5. The number of anilines is 1. The minimum absolute atomic E-state index is 0.0562. The SMILES string of the molecule is CCCCNC(=O)C(CC)N(Cc1ccccc1C)C(=O)CN(c1cccc(Cl)c1)S(=O)(=O)c1ccc(C)cc1. The van der Waals surface area contributed by atoms with Gasteiger partial charge in [-0.2, -0.15) is 0 Å². The molecule has 0 aliphatic carbocycles. The van der Waals surface area contributed by atoms with Crippen molar-refractivity contribution in [2.24, 2.45) is 0 Å². The van der Waals surface area contributed by atoms with Crippen LogP contribution in [-0.4, -0.2) is 44.3 Å². The molecule has 0 aliphatic rings. The highest BCUT2D eigenvalue weighted by molar-refractivity contribution is 7.92. The maximum absolute atomic E-state index is 14.1. The molecule has 3 aromatic carbocycles. The number of amides is 2. The summed E-state index contributed by atoms with van der Waals surface area (Å²) in [6.07, 6.45) is 2.12. The number of aryl methyl sites for hydroxylation is 2. The number of sulfonamides is 1. The lowest BCUT2D eigenvalue weighted by Gasteiger charge is -2.33. The molecule has 1 unspecified atom stereocenters. The minimum atomic E-state index is -4.14. The van der Waals surface area contributed by atoms with E-state index in [0.29, 0.717) is 18.0 Å². The third kappa shape index (κ3) is 7.86. The van der Waals surface area contributed by atoms with Crippen molar-refractivity contribution < 1.29 is 18.0 Å². The number of halogens is 1. The Morgan fingerprint density at radius 3 is 2.27 bits per heavy atom. The van der Waals surface area contributed by atoms with E-state index < -0.39 is 28.5 Å². The van der Waals surface area contributed by atoms with Crippen LogP contribution in [-0.2, 0) is 26.2 Å². The maximum atomic E-state index is 14.1. The smallest absolute Gasteiger partial charge is 0.264 e. The van der Waals surface area contributed by atoms with Crippen LogP contribution in [0.2, 0.25) is 5.02 Å². The predicted molar refractivity (Wildman–Crippen MR) is 161 cm³/mol. The van der Waals surface area contributed by atoms with Crippen LogP contribution in [0, 0.1) is 13.8 Å². The fourth-order valence-corrected chi connectivity index (χ4v) is 5.98. The zero-order valence-corrected chi connectivity index (χ0v) is 25.1. The van der Waals surface area contributed by atoms with Crippen molar-refractivity contribution in [3.63, 3.8) is 0 Å². The number of rotatable bonds is 13. The Kier molecular flexibility index (Phi) is 11.2. The summed E-state index contributed by atoms with van der Waals surface area (Å²) in [7, 11) is -4.14. The Hall–Kier alpha value is -3.36. The molecule has 3 rings (SSSR count). The largest absolute Gasteiger partial charge is 0.354 e. The second kappa shape index (κ2) is 14.3. The van der Waals surface area contributed by atoms with E-state index in [2.05, 4.69) is 5.32 Å². The predicted octanol–water partition coefficient (Wildman–Crippen LogP) is 5.88. The van der Waals surface area contributed by atoms with E-state index in [1.54, 1.807) is 30.3 Å². The molecule has 0 fully saturated rings. The Balaban J connectivity index is 2.05. The number of carbonyl (C=O) groups is 2. The van der Waals surface area contributed by atoms with Gasteiger partial charge in [0, 0.05) is 18.1 Å². The van der Waals surface area contributed by atoms with Gasteiger partial charge in [-0.1, -0.05) is 79.9 Å². The van der Waals surface area contributed by atoms with E-state index in [9.17, 15) is 18.0 Å². The summed E-state index contributed by atoms with van der Waals surface area (Å²) >= 11 is 6.23. The number of nitrogens with zero attached hydrogens (tertiary/aromatic N) is 2. The van der Waals surface area contributed by atoms with Gasteiger partial charge in [0.15, 0.2) is 0 Å². The van der Waals surface area contributed by atoms with Crippen LogP contribution in [0.4, 0.5) is 5.69 Å². The lowest BCUT2D eigenvalue weighted by Crippen LogP contribution is -2.52. The molecular weight excluding hydrogens is 546 g/mol. The molecule has 0 aromatic heterocycles. The molecule has 1 atom stereocenters. The van der Waals surface area contributed by atoms with Crippen molar-refractivity contribution >= 4 is 39.1 Å². The van der Waals surface area contributed by atoms with Crippen molar-refractivity contribution in [1.82, 2.24) is 10.2 Å². The summed E-state index contributed by atoms with van der Waals surface area (Å²) in [4.78, 5) is 28.9. The molecule has 0 aliphatic heterocycles. The van der Waals surface area contributed by atoms with Crippen molar-refractivity contribution in [3.8, 4) is 0 Å². The minimum Gasteiger partial charge on any atom is -0.354 e. The van der Waals surface area contributed by atoms with Crippen LogP contribution in [0.3, 0.4) is 0 Å². The van der Waals surface area contributed by atoms with Gasteiger partial charge in [-0.25, -0.2) is 8.42 Å². The van der Waals surface area contributed by atoms with Gasteiger partial charge in [-0.15, -0.1) is 0 Å². The monoisotopic (exact) mass is 583 g/mol. The van der Waals surface area contributed by atoms with E-state index in [4.69, 9.17) is 11.6 Å². The van der Waals surface area contributed by atoms with Crippen LogP contribution in [0.5, 0.6) is 0 Å². The second-order valence-electron chi connectivity index (χ2n) is 9.82. The molecule has 1 N–H and O–H groups in total. The van der Waals surface area contributed by atoms with Gasteiger partial charge in [0.05, 0.1) is 10.6 Å². The molecule has 40 heavy (non-hydrogen) atoms. The van der Waals surface area contributed by atoms with Crippen LogP contribution in [0.1, 0.15) is 49.8 Å². The first kappa shape index (κ1) is 31.2. The van der Waals surface area contributed by atoms with Crippen molar-refractivity contribution in [2.75, 3.05) is 17.4 Å². The molecule has 0 heterocycles. The third-order valence-corrected chi connectivity index (χ3v) is 8.82. The second-order valence-corrected chi connectivity index (χ2v) is 12.1. The first-order chi connectivity index (χ1) is 19.1. The summed E-state index contributed by atoms with van der Waals surface area (Å²) < 4.78 is 28.9. The Bertz CT molecular complexity index is 1410. The fraction of sp³-hybridized carbons (Fsp3) is 0.355. The first-order valence-electron chi connectivity index (χ1n) is 13.5. The summed E-state index contributed by atoms with van der Waals surface area (Å²) in [6.45, 7) is 7.88. The quantitative estimate of drug-likeness (QED) is 0.255. The number of benzene rings is 3. The van der Waals surface area contributed by atoms with Gasteiger partial charge in [-0.05, 0) is 68.1 Å². The van der Waals surface area contributed by atoms with Crippen LogP contribution >= 0.6 is 11.6 Å². The van der Waals surface area contributed by atoms with Gasteiger partial charge in [0.2, 0.25) is 11.8 Å². The molecular formula is C31H38ClN3O4S. The topological polar surface area (TPSA) is 86.8 Å². The highest BCUT2D eigenvalue weighted by Crippen LogP contribution is 2.27. The molecule has 0 radical (unpaired) electrons. The zero-order chi connectivity index (χ0) is 29.3. The Labute approximate surface area is 243 Å². The maximum Gasteiger partial charge on any atom is 0.264 e. The van der Waals surface area contributed by atoms with E-state index in [1.165, 1.54) is 23.1 Å². The molecule has 3 aromatic rings. The van der Waals surface area contributed by atoms with E-state index in [-0.39, 0.29) is 23.0 Å². The Morgan fingerprint density at radius 1 is 0.950 bits per heavy atom. The van der Waals surface area contributed by atoms with Crippen molar-refractivity contribution in [1.29, 1.82) is 0 Å². The summed E-state index contributed by atoms with van der Waals surface area (Å²) in [6, 6.07) is 19.7. The van der Waals surface area contributed by atoms with Gasteiger partial charge in [0.1, 0.15) is 12.6 Å². The first-order valence-corrected chi connectivity index (χ1v) is 15.4. The lowest BCUT2D eigenvalue weighted by atomic mass is 10.1. The van der Waals surface area contributed by atoms with Crippen LogP contribution < -0.4 is 9.62 Å². The standard InChI is InChI=1S/C31H38ClN3O4S/c1-5-7-19-33-31(37)29(6-2)34(21-25-12-9-8-11-24(25)4)30(36)22-35(27-14-10-13-26(32)20-27)40(38,39)28-17-15-23(3)16-18-28/h8-18,20,29H,5-7,19,21-22H2,1-4H3,(H,33,37). The fourth-order valence-electron chi connectivity index (χ4n) is 4.39. The molecule has 0 saturated heterocycles. The average molecular weight is 584 g/mol. The summed E-state index contributed by atoms with van der Waals surface area (Å²) in [5.74, 6) is -0.745.